The highest BCUT2D eigenvalue weighted by Crippen LogP contribution is 2.14. The van der Waals surface area contributed by atoms with Crippen LogP contribution >= 0.6 is 15.9 Å². The number of hydrogen-bond acceptors (Lipinski definition) is 3. The third kappa shape index (κ3) is 3.47. The summed E-state index contributed by atoms with van der Waals surface area (Å²) < 4.78 is 2.19. The largest absolute Gasteiger partial charge is 0.349 e. The van der Waals surface area contributed by atoms with E-state index in [2.05, 4.69) is 31.4 Å². The first-order chi connectivity index (χ1) is 10.3. The molecule has 1 atom stereocenters. The van der Waals surface area contributed by atoms with E-state index in [1.54, 1.807) is 13.1 Å². The monoisotopic (exact) mass is 366 g/mol. The van der Waals surface area contributed by atoms with Crippen LogP contribution in [0.3, 0.4) is 0 Å². The number of halogens is 1. The third-order valence-corrected chi connectivity index (χ3v) is 4.35. The van der Waals surface area contributed by atoms with Crippen molar-refractivity contribution in [2.24, 2.45) is 7.05 Å². The fourth-order valence-corrected chi connectivity index (χ4v) is 2.69. The van der Waals surface area contributed by atoms with Crippen molar-refractivity contribution in [3.63, 3.8) is 0 Å². The van der Waals surface area contributed by atoms with Crippen molar-refractivity contribution < 1.29 is 4.79 Å². The van der Waals surface area contributed by atoms with E-state index in [4.69, 9.17) is 0 Å². The molecule has 0 aliphatic heterocycles. The first-order valence-corrected chi connectivity index (χ1v) is 7.76. The summed E-state index contributed by atoms with van der Waals surface area (Å²) in [5, 5.41) is 9.85. The van der Waals surface area contributed by atoms with Gasteiger partial charge in [-0.25, -0.2) is 0 Å². The lowest BCUT2D eigenvalue weighted by Gasteiger charge is -2.14. The minimum Gasteiger partial charge on any atom is -0.349 e. The first-order valence-electron chi connectivity index (χ1n) is 6.97. The van der Waals surface area contributed by atoms with Crippen LogP contribution in [0.1, 0.15) is 34.4 Å². The topological polar surface area (TPSA) is 79.8 Å². The van der Waals surface area contributed by atoms with E-state index >= 15 is 0 Å². The van der Waals surface area contributed by atoms with Crippen LogP contribution in [0.4, 0.5) is 0 Å². The highest BCUT2D eigenvalue weighted by atomic mass is 79.9. The van der Waals surface area contributed by atoms with Gasteiger partial charge in [0.15, 0.2) is 0 Å². The van der Waals surface area contributed by atoms with Crippen LogP contribution in [0.15, 0.2) is 21.4 Å². The zero-order valence-corrected chi connectivity index (χ0v) is 14.6. The lowest BCUT2D eigenvalue weighted by molar-refractivity contribution is 0.0938. The number of nitrogens with one attached hydrogen (secondary N) is 2. The summed E-state index contributed by atoms with van der Waals surface area (Å²) in [5.41, 5.74) is 2.46. The number of H-pyrrole nitrogens is 1. The Morgan fingerprint density at radius 2 is 2.14 bits per heavy atom. The Kier molecular flexibility index (Phi) is 4.85. The number of hydrogen-bond donors (Lipinski definition) is 2. The molecule has 0 aromatic carbocycles. The smallest absolute Gasteiger partial charge is 0.263 e. The van der Waals surface area contributed by atoms with Crippen LogP contribution in [0.25, 0.3) is 0 Å². The van der Waals surface area contributed by atoms with Crippen LogP contribution in [-0.2, 0) is 13.5 Å². The van der Waals surface area contributed by atoms with Gasteiger partial charge in [0.1, 0.15) is 5.56 Å². The number of carbonyl (C=O) groups is 1. The molecular formula is C15H19BrN4O2. The minimum atomic E-state index is -0.374. The van der Waals surface area contributed by atoms with Crippen molar-refractivity contribution in [2.75, 3.05) is 0 Å². The van der Waals surface area contributed by atoms with E-state index in [1.165, 1.54) is 4.57 Å². The lowest BCUT2D eigenvalue weighted by atomic mass is 10.1. The molecule has 0 spiro atoms. The second-order valence-electron chi connectivity index (χ2n) is 5.48. The fourth-order valence-electron chi connectivity index (χ4n) is 2.19. The van der Waals surface area contributed by atoms with Crippen molar-refractivity contribution in [1.82, 2.24) is 20.1 Å². The number of aromatic amines is 1. The van der Waals surface area contributed by atoms with Crippen LogP contribution in [0, 0.1) is 13.8 Å². The number of aromatic nitrogens is 3. The number of carbonyl (C=O) groups excluding carboxylic acids is 1. The summed E-state index contributed by atoms with van der Waals surface area (Å²) in [7, 11) is 1.65. The Morgan fingerprint density at radius 3 is 2.73 bits per heavy atom. The molecule has 22 heavy (non-hydrogen) atoms. The van der Waals surface area contributed by atoms with Gasteiger partial charge in [-0.3, -0.25) is 14.7 Å². The van der Waals surface area contributed by atoms with Gasteiger partial charge in [-0.15, -0.1) is 0 Å². The zero-order chi connectivity index (χ0) is 16.4. The van der Waals surface area contributed by atoms with Crippen molar-refractivity contribution in [3.8, 4) is 0 Å². The maximum atomic E-state index is 12.3. The van der Waals surface area contributed by atoms with Gasteiger partial charge in [-0.05, 0) is 48.8 Å². The van der Waals surface area contributed by atoms with Crippen molar-refractivity contribution in [3.05, 3.63) is 49.6 Å². The average molecular weight is 367 g/mol. The van der Waals surface area contributed by atoms with Crippen molar-refractivity contribution >= 4 is 21.8 Å². The lowest BCUT2D eigenvalue weighted by Crippen LogP contribution is -2.38. The summed E-state index contributed by atoms with van der Waals surface area (Å²) in [6.45, 7) is 5.62. The van der Waals surface area contributed by atoms with Gasteiger partial charge in [0.05, 0.1) is 5.69 Å². The first kappa shape index (κ1) is 16.5. The Hall–Kier alpha value is -1.89. The molecule has 2 aromatic heterocycles. The van der Waals surface area contributed by atoms with Gasteiger partial charge in [-0.1, -0.05) is 0 Å². The average Bonchev–Trinajstić information content (AvgIpc) is 2.85. The number of amides is 1. The highest BCUT2D eigenvalue weighted by Gasteiger charge is 2.17. The molecule has 6 nitrogen and oxygen atoms in total. The molecule has 0 bridgehead atoms. The summed E-state index contributed by atoms with van der Waals surface area (Å²) in [4.78, 5) is 24.5. The van der Waals surface area contributed by atoms with Crippen LogP contribution in [0.2, 0.25) is 0 Å². The molecular weight excluding hydrogens is 348 g/mol. The van der Waals surface area contributed by atoms with Crippen LogP contribution in [-0.4, -0.2) is 26.7 Å². The van der Waals surface area contributed by atoms with Gasteiger partial charge in [0, 0.05) is 35.4 Å². The minimum absolute atomic E-state index is 0.125. The number of pyridine rings is 1. The van der Waals surface area contributed by atoms with E-state index < -0.39 is 0 Å². The standard InChI is InChI=1S/C15H19BrN4O2/c1-8(5-11-6-9(2)18-19-11)17-14(21)12-7-13(16)10(3)20(4)15(12)22/h6-8H,5H2,1-4H3,(H,17,21)(H,18,19). The highest BCUT2D eigenvalue weighted by molar-refractivity contribution is 9.10. The maximum absolute atomic E-state index is 12.3. The predicted octanol–water partition coefficient (Wildman–Crippen LogP) is 1.85. The van der Waals surface area contributed by atoms with Gasteiger partial charge in [0.25, 0.3) is 11.5 Å². The SMILES string of the molecule is Cc1cc(CC(C)NC(=O)c2cc(Br)c(C)n(C)c2=O)n[nH]1. The Balaban J connectivity index is 2.14. The number of rotatable bonds is 4. The molecule has 0 aliphatic carbocycles. The summed E-state index contributed by atoms with van der Waals surface area (Å²) in [5.74, 6) is -0.374. The Bertz CT molecular complexity index is 763. The van der Waals surface area contributed by atoms with E-state index in [-0.39, 0.29) is 23.1 Å². The summed E-state index contributed by atoms with van der Waals surface area (Å²) in [6.07, 6.45) is 0.601. The Labute approximate surface area is 137 Å². The molecule has 2 N–H and O–H groups in total. The molecule has 7 heteroatoms. The fraction of sp³-hybridized carbons (Fsp3) is 0.400. The normalized spacial score (nSPS) is 12.2. The molecule has 2 aromatic rings. The van der Waals surface area contributed by atoms with Gasteiger partial charge >= 0.3 is 0 Å². The Morgan fingerprint density at radius 1 is 1.45 bits per heavy atom. The van der Waals surface area contributed by atoms with Crippen LogP contribution in [0.5, 0.6) is 0 Å². The van der Waals surface area contributed by atoms with Gasteiger partial charge < -0.3 is 9.88 Å². The molecule has 0 fully saturated rings. The molecule has 1 unspecified atom stereocenters. The van der Waals surface area contributed by atoms with Crippen LogP contribution < -0.4 is 10.9 Å². The molecule has 2 heterocycles. The number of aryl methyl sites for hydroxylation is 1. The maximum Gasteiger partial charge on any atom is 0.263 e. The molecule has 0 saturated carbocycles. The summed E-state index contributed by atoms with van der Waals surface area (Å²) >= 11 is 3.37. The van der Waals surface area contributed by atoms with E-state index in [0.717, 1.165) is 21.6 Å². The molecule has 118 valence electrons. The van der Waals surface area contributed by atoms with E-state index in [1.807, 2.05) is 26.8 Å². The van der Waals surface area contributed by atoms with Gasteiger partial charge in [-0.2, -0.15) is 5.10 Å². The molecule has 2 rings (SSSR count). The molecule has 0 aliphatic rings. The van der Waals surface area contributed by atoms with E-state index in [0.29, 0.717) is 6.42 Å². The van der Waals surface area contributed by atoms with E-state index in [9.17, 15) is 9.59 Å². The van der Waals surface area contributed by atoms with Crippen molar-refractivity contribution in [1.29, 1.82) is 0 Å². The summed E-state index contributed by atoms with van der Waals surface area (Å²) in [6, 6.07) is 3.38. The predicted molar refractivity (Wildman–Crippen MR) is 88.1 cm³/mol. The second-order valence-corrected chi connectivity index (χ2v) is 6.33. The van der Waals surface area contributed by atoms with Crippen molar-refractivity contribution in [2.45, 2.75) is 33.2 Å². The quantitative estimate of drug-likeness (QED) is 0.866. The molecule has 0 radical (unpaired) electrons. The zero-order valence-electron chi connectivity index (χ0n) is 13.0. The molecule has 1 amide bonds. The third-order valence-electron chi connectivity index (χ3n) is 3.55. The second kappa shape index (κ2) is 6.48. The molecule has 0 saturated heterocycles. The van der Waals surface area contributed by atoms with Gasteiger partial charge in [0.2, 0.25) is 0 Å². The number of nitrogens with zero attached hydrogens (tertiary/aromatic N) is 2.